The molecule has 0 aliphatic carbocycles. The van der Waals surface area contributed by atoms with E-state index in [4.69, 9.17) is 0 Å². The fraction of sp³-hybridized carbons (Fsp3) is 0.357. The Morgan fingerprint density at radius 2 is 1.47 bits per heavy atom. The minimum atomic E-state index is -0.0519. The number of hydrogen-bond acceptors (Lipinski definition) is 2. The van der Waals surface area contributed by atoms with Gasteiger partial charge in [0, 0.05) is 24.6 Å². The lowest BCUT2D eigenvalue weighted by atomic mass is 9.94. The first-order valence-corrected chi connectivity index (χ1v) is 11.6. The lowest BCUT2D eigenvalue weighted by Crippen LogP contribution is -2.43. The second kappa shape index (κ2) is 9.56. The van der Waals surface area contributed by atoms with Crippen LogP contribution in [0.25, 0.3) is 10.8 Å². The van der Waals surface area contributed by atoms with E-state index < -0.39 is 0 Å². The highest BCUT2D eigenvalue weighted by molar-refractivity contribution is 6.07. The highest BCUT2D eigenvalue weighted by Crippen LogP contribution is 2.25. The molecule has 1 heterocycles. The van der Waals surface area contributed by atoms with Gasteiger partial charge in [-0.25, -0.2) is 0 Å². The summed E-state index contributed by atoms with van der Waals surface area (Å²) in [6.07, 6.45) is 1.39. The number of rotatable bonds is 5. The summed E-state index contributed by atoms with van der Waals surface area (Å²) < 4.78 is 0. The first-order valence-electron chi connectivity index (χ1n) is 11.6. The van der Waals surface area contributed by atoms with E-state index in [-0.39, 0.29) is 23.8 Å². The van der Waals surface area contributed by atoms with Crippen LogP contribution < -0.4 is 5.32 Å². The van der Waals surface area contributed by atoms with Crippen LogP contribution in [0.1, 0.15) is 67.1 Å². The van der Waals surface area contributed by atoms with Crippen LogP contribution in [0.15, 0.2) is 66.7 Å². The zero-order chi connectivity index (χ0) is 22.7. The van der Waals surface area contributed by atoms with Crippen molar-refractivity contribution in [3.05, 3.63) is 83.4 Å². The molecular formula is C28H32N2O2. The van der Waals surface area contributed by atoms with Crippen LogP contribution in [0, 0.1) is 5.92 Å². The van der Waals surface area contributed by atoms with Crippen molar-refractivity contribution < 1.29 is 9.59 Å². The van der Waals surface area contributed by atoms with Crippen molar-refractivity contribution in [1.82, 2.24) is 10.2 Å². The maximum atomic E-state index is 13.2. The molecular weight excluding hydrogens is 396 g/mol. The highest BCUT2D eigenvalue weighted by Gasteiger charge is 2.29. The Bertz CT molecular complexity index is 1090. The van der Waals surface area contributed by atoms with E-state index in [0.717, 1.165) is 21.9 Å². The summed E-state index contributed by atoms with van der Waals surface area (Å²) in [6, 6.07) is 22.3. The van der Waals surface area contributed by atoms with E-state index in [1.165, 1.54) is 5.56 Å². The normalized spacial score (nSPS) is 15.7. The molecule has 0 saturated carbocycles. The lowest BCUT2D eigenvalue weighted by molar-refractivity contribution is -0.126. The molecule has 1 aliphatic heterocycles. The van der Waals surface area contributed by atoms with Crippen LogP contribution in [-0.2, 0) is 4.79 Å². The van der Waals surface area contributed by atoms with Gasteiger partial charge in [-0.1, -0.05) is 74.5 Å². The number of nitrogens with zero attached hydrogens (tertiary/aromatic N) is 1. The van der Waals surface area contributed by atoms with Gasteiger partial charge in [0.25, 0.3) is 5.91 Å². The Hall–Kier alpha value is -3.14. The van der Waals surface area contributed by atoms with Gasteiger partial charge in [0.05, 0.1) is 6.04 Å². The van der Waals surface area contributed by atoms with Crippen LogP contribution in [0.2, 0.25) is 0 Å². The molecule has 1 fully saturated rings. The molecule has 2 amide bonds. The molecule has 4 heteroatoms. The second-order valence-corrected chi connectivity index (χ2v) is 9.14. The molecule has 166 valence electrons. The van der Waals surface area contributed by atoms with Gasteiger partial charge in [0.15, 0.2) is 0 Å². The summed E-state index contributed by atoms with van der Waals surface area (Å²) in [6.45, 7) is 7.60. The number of hydrogen-bond donors (Lipinski definition) is 1. The van der Waals surface area contributed by atoms with E-state index >= 15 is 0 Å². The van der Waals surface area contributed by atoms with Crippen molar-refractivity contribution in [3.8, 4) is 0 Å². The quantitative estimate of drug-likeness (QED) is 0.567. The summed E-state index contributed by atoms with van der Waals surface area (Å²) in [7, 11) is 0. The smallest absolute Gasteiger partial charge is 0.254 e. The van der Waals surface area contributed by atoms with Gasteiger partial charge in [-0.2, -0.15) is 0 Å². The zero-order valence-electron chi connectivity index (χ0n) is 19.2. The Morgan fingerprint density at radius 3 is 2.16 bits per heavy atom. The molecule has 4 nitrogen and oxygen atoms in total. The van der Waals surface area contributed by atoms with Crippen LogP contribution in [0.4, 0.5) is 0 Å². The molecule has 1 atom stereocenters. The largest absolute Gasteiger partial charge is 0.349 e. The first-order chi connectivity index (χ1) is 15.4. The van der Waals surface area contributed by atoms with Gasteiger partial charge in [-0.05, 0) is 53.6 Å². The van der Waals surface area contributed by atoms with Gasteiger partial charge in [0.1, 0.15) is 0 Å². The average molecular weight is 429 g/mol. The third-order valence-electron chi connectivity index (χ3n) is 6.63. The molecule has 1 unspecified atom stereocenters. The maximum absolute atomic E-state index is 13.2. The van der Waals surface area contributed by atoms with Crippen LogP contribution >= 0.6 is 0 Å². The average Bonchev–Trinajstić information content (AvgIpc) is 2.83. The number of fused-ring (bicyclic) bond motifs is 1. The van der Waals surface area contributed by atoms with E-state index in [1.807, 2.05) is 54.3 Å². The number of amides is 2. The molecule has 1 aliphatic rings. The fourth-order valence-electron chi connectivity index (χ4n) is 4.51. The van der Waals surface area contributed by atoms with Crippen molar-refractivity contribution in [2.75, 3.05) is 13.1 Å². The monoisotopic (exact) mass is 428 g/mol. The predicted octanol–water partition coefficient (Wildman–Crippen LogP) is 5.69. The molecule has 3 aromatic rings. The number of benzene rings is 3. The zero-order valence-corrected chi connectivity index (χ0v) is 19.2. The number of likely N-dealkylation sites (tertiary alicyclic amines) is 1. The minimum absolute atomic E-state index is 0.0287. The van der Waals surface area contributed by atoms with Crippen LogP contribution in [0.3, 0.4) is 0 Å². The molecule has 3 aromatic carbocycles. The Morgan fingerprint density at radius 1 is 0.844 bits per heavy atom. The van der Waals surface area contributed by atoms with Crippen molar-refractivity contribution in [2.24, 2.45) is 5.92 Å². The van der Waals surface area contributed by atoms with E-state index in [9.17, 15) is 9.59 Å². The Kier molecular flexibility index (Phi) is 6.59. The van der Waals surface area contributed by atoms with Crippen molar-refractivity contribution in [1.29, 1.82) is 0 Å². The number of carbonyl (C=O) groups is 2. The first kappa shape index (κ1) is 22.1. The summed E-state index contributed by atoms with van der Waals surface area (Å²) in [5.74, 6) is 0.585. The Balaban J connectivity index is 1.34. The topological polar surface area (TPSA) is 49.4 Å². The molecule has 0 aromatic heterocycles. The van der Waals surface area contributed by atoms with E-state index in [0.29, 0.717) is 31.8 Å². The highest BCUT2D eigenvalue weighted by atomic mass is 16.2. The van der Waals surface area contributed by atoms with Crippen LogP contribution in [0.5, 0.6) is 0 Å². The number of piperidine rings is 1. The summed E-state index contributed by atoms with van der Waals surface area (Å²) in [5, 5.41) is 5.23. The lowest BCUT2D eigenvalue weighted by Gasteiger charge is -2.32. The minimum Gasteiger partial charge on any atom is -0.349 e. The fourth-order valence-corrected chi connectivity index (χ4v) is 4.51. The molecule has 4 rings (SSSR count). The number of carbonyl (C=O) groups excluding carboxylic acids is 2. The summed E-state index contributed by atoms with van der Waals surface area (Å²) in [5.41, 5.74) is 3.16. The summed E-state index contributed by atoms with van der Waals surface area (Å²) in [4.78, 5) is 27.9. The molecule has 0 bridgehead atoms. The van der Waals surface area contributed by atoms with E-state index in [1.54, 1.807) is 0 Å². The van der Waals surface area contributed by atoms with Crippen molar-refractivity contribution in [3.63, 3.8) is 0 Å². The molecule has 0 spiro atoms. The van der Waals surface area contributed by atoms with Gasteiger partial charge in [-0.15, -0.1) is 0 Å². The van der Waals surface area contributed by atoms with Gasteiger partial charge < -0.3 is 10.2 Å². The Labute approximate surface area is 190 Å². The third-order valence-corrected chi connectivity index (χ3v) is 6.63. The van der Waals surface area contributed by atoms with E-state index in [2.05, 4.69) is 43.4 Å². The second-order valence-electron chi connectivity index (χ2n) is 9.14. The molecule has 0 radical (unpaired) electrons. The van der Waals surface area contributed by atoms with Crippen molar-refractivity contribution >= 4 is 22.6 Å². The van der Waals surface area contributed by atoms with Gasteiger partial charge in [-0.3, -0.25) is 9.59 Å². The molecule has 1 N–H and O–H groups in total. The molecule has 32 heavy (non-hydrogen) atoms. The maximum Gasteiger partial charge on any atom is 0.254 e. The number of nitrogens with one attached hydrogen (secondary N) is 1. The summed E-state index contributed by atoms with van der Waals surface area (Å²) >= 11 is 0. The van der Waals surface area contributed by atoms with Gasteiger partial charge >= 0.3 is 0 Å². The molecule has 1 saturated heterocycles. The SMILES string of the molecule is CC(C)c1ccc(C(C)NC(=O)C2CCN(C(=O)c3cccc4ccccc34)CC2)cc1. The standard InChI is InChI=1S/C28H32N2O2/c1-19(2)21-11-13-22(14-12-21)20(3)29-27(31)24-15-17-30(18-16-24)28(32)26-10-6-8-23-7-4-5-9-25(23)26/h4-14,19-20,24H,15-18H2,1-3H3,(H,29,31). The van der Waals surface area contributed by atoms with Crippen LogP contribution in [-0.4, -0.2) is 29.8 Å². The predicted molar refractivity (Wildman–Crippen MR) is 130 cm³/mol. The van der Waals surface area contributed by atoms with Crippen molar-refractivity contribution in [2.45, 2.75) is 45.6 Å². The van der Waals surface area contributed by atoms with Gasteiger partial charge in [0.2, 0.25) is 5.91 Å². The third kappa shape index (κ3) is 4.69.